The molecule has 0 aliphatic rings. The third-order valence-corrected chi connectivity index (χ3v) is 3.90. The second kappa shape index (κ2) is 7.69. The van der Waals surface area contributed by atoms with Crippen molar-refractivity contribution in [3.8, 4) is 5.75 Å². The Morgan fingerprint density at radius 1 is 1.12 bits per heavy atom. The number of aromatic amines is 1. The van der Waals surface area contributed by atoms with Gasteiger partial charge in [0.1, 0.15) is 5.75 Å². The van der Waals surface area contributed by atoms with Gasteiger partial charge in [-0.15, -0.1) is 0 Å². The highest BCUT2D eigenvalue weighted by atomic mass is 16.5. The van der Waals surface area contributed by atoms with Crippen LogP contribution in [0.4, 0.5) is 5.69 Å². The summed E-state index contributed by atoms with van der Waals surface area (Å²) in [5.74, 6) is 0.438. The second-order valence-corrected chi connectivity index (χ2v) is 5.69. The third-order valence-electron chi connectivity index (χ3n) is 3.90. The van der Waals surface area contributed by atoms with Gasteiger partial charge in [0.25, 0.3) is 5.56 Å². The Bertz CT molecular complexity index is 1040. The first kappa shape index (κ1) is 17.5. The fraction of sp³-hybridized carbons (Fsp3) is 0.211. The fourth-order valence-electron chi connectivity index (χ4n) is 2.64. The first-order chi connectivity index (χ1) is 12.6. The van der Waals surface area contributed by atoms with Crippen LogP contribution in [0.3, 0.4) is 0 Å². The van der Waals surface area contributed by atoms with E-state index < -0.39 is 11.2 Å². The quantitative estimate of drug-likeness (QED) is 0.710. The number of amides is 1. The molecule has 2 N–H and O–H groups in total. The van der Waals surface area contributed by atoms with Crippen molar-refractivity contribution < 1.29 is 9.53 Å². The SMILES string of the molecule is CCOc1ccc(NC(=O)CCn2c(=O)[nH]c3ccccc3c2=O)cc1. The topological polar surface area (TPSA) is 93.2 Å². The van der Waals surface area contributed by atoms with Gasteiger partial charge in [-0.1, -0.05) is 12.1 Å². The lowest BCUT2D eigenvalue weighted by Crippen LogP contribution is -2.36. The minimum Gasteiger partial charge on any atom is -0.494 e. The molecule has 26 heavy (non-hydrogen) atoms. The van der Waals surface area contributed by atoms with E-state index in [0.29, 0.717) is 23.2 Å². The Morgan fingerprint density at radius 2 is 1.85 bits per heavy atom. The van der Waals surface area contributed by atoms with Crippen LogP contribution >= 0.6 is 0 Å². The number of fused-ring (bicyclic) bond motifs is 1. The molecular formula is C19H19N3O4. The van der Waals surface area contributed by atoms with Crippen LogP contribution in [-0.4, -0.2) is 22.1 Å². The highest BCUT2D eigenvalue weighted by molar-refractivity contribution is 5.90. The van der Waals surface area contributed by atoms with E-state index in [4.69, 9.17) is 4.74 Å². The van der Waals surface area contributed by atoms with Gasteiger partial charge in [-0.25, -0.2) is 4.79 Å². The normalized spacial score (nSPS) is 10.7. The van der Waals surface area contributed by atoms with Crippen molar-refractivity contribution in [2.45, 2.75) is 19.9 Å². The summed E-state index contributed by atoms with van der Waals surface area (Å²) < 4.78 is 6.39. The largest absolute Gasteiger partial charge is 0.494 e. The molecule has 0 aliphatic carbocycles. The standard InChI is InChI=1S/C19H19N3O4/c1-2-26-14-9-7-13(8-10-14)20-17(23)11-12-22-18(24)15-5-3-4-6-16(15)21-19(22)25/h3-10H,2,11-12H2,1H3,(H,20,23)(H,21,25). The maximum Gasteiger partial charge on any atom is 0.328 e. The van der Waals surface area contributed by atoms with Crippen molar-refractivity contribution >= 4 is 22.5 Å². The summed E-state index contributed by atoms with van der Waals surface area (Å²) in [6.07, 6.45) is 0.00847. The van der Waals surface area contributed by atoms with E-state index in [1.807, 2.05) is 6.92 Å². The highest BCUT2D eigenvalue weighted by Gasteiger charge is 2.09. The molecule has 0 fully saturated rings. The minimum atomic E-state index is -0.525. The summed E-state index contributed by atoms with van der Waals surface area (Å²) in [6.45, 7) is 2.47. The van der Waals surface area contributed by atoms with E-state index >= 15 is 0 Å². The first-order valence-electron chi connectivity index (χ1n) is 8.33. The van der Waals surface area contributed by atoms with Crippen LogP contribution in [0.1, 0.15) is 13.3 Å². The zero-order valence-electron chi connectivity index (χ0n) is 14.3. The highest BCUT2D eigenvalue weighted by Crippen LogP contribution is 2.15. The van der Waals surface area contributed by atoms with Gasteiger partial charge >= 0.3 is 5.69 Å². The summed E-state index contributed by atoms with van der Waals surface area (Å²) in [5.41, 5.74) is 0.177. The van der Waals surface area contributed by atoms with E-state index in [1.165, 1.54) is 0 Å². The summed E-state index contributed by atoms with van der Waals surface area (Å²) in [5, 5.41) is 3.15. The molecule has 0 bridgehead atoms. The van der Waals surface area contributed by atoms with Gasteiger partial charge in [0, 0.05) is 18.7 Å². The number of anilines is 1. The molecule has 1 aromatic heterocycles. The number of hydrogen-bond donors (Lipinski definition) is 2. The average molecular weight is 353 g/mol. The Hall–Kier alpha value is -3.35. The van der Waals surface area contributed by atoms with Gasteiger partial charge in [0.2, 0.25) is 5.91 Å². The zero-order chi connectivity index (χ0) is 18.5. The fourth-order valence-corrected chi connectivity index (χ4v) is 2.64. The second-order valence-electron chi connectivity index (χ2n) is 5.69. The lowest BCUT2D eigenvalue weighted by molar-refractivity contribution is -0.116. The van der Waals surface area contributed by atoms with Gasteiger partial charge in [-0.2, -0.15) is 0 Å². The molecule has 0 saturated heterocycles. The van der Waals surface area contributed by atoms with Gasteiger partial charge in [0.15, 0.2) is 0 Å². The molecule has 134 valence electrons. The van der Waals surface area contributed by atoms with Crippen LogP contribution in [0.2, 0.25) is 0 Å². The number of carbonyl (C=O) groups excluding carboxylic acids is 1. The number of rotatable bonds is 6. The summed E-state index contributed by atoms with van der Waals surface area (Å²) in [6, 6.07) is 13.8. The molecule has 3 aromatic rings. The molecule has 0 spiro atoms. The van der Waals surface area contributed by atoms with Crippen LogP contribution in [0, 0.1) is 0 Å². The lowest BCUT2D eigenvalue weighted by atomic mass is 10.2. The first-order valence-corrected chi connectivity index (χ1v) is 8.33. The maximum absolute atomic E-state index is 12.4. The lowest BCUT2D eigenvalue weighted by Gasteiger charge is -2.08. The van der Waals surface area contributed by atoms with Gasteiger partial charge in [0.05, 0.1) is 17.5 Å². The van der Waals surface area contributed by atoms with Gasteiger partial charge < -0.3 is 15.0 Å². The number of carbonyl (C=O) groups is 1. The predicted molar refractivity (Wildman–Crippen MR) is 99.7 cm³/mol. The number of para-hydroxylation sites is 1. The molecule has 3 rings (SSSR count). The molecule has 0 radical (unpaired) electrons. The van der Waals surface area contributed by atoms with E-state index in [2.05, 4.69) is 10.3 Å². The van der Waals surface area contributed by atoms with Crippen molar-refractivity contribution in [2.24, 2.45) is 0 Å². The van der Waals surface area contributed by atoms with Crippen molar-refractivity contribution in [1.29, 1.82) is 0 Å². The Kier molecular flexibility index (Phi) is 5.17. The summed E-state index contributed by atoms with van der Waals surface area (Å²) in [7, 11) is 0. The van der Waals surface area contributed by atoms with Crippen LogP contribution in [0.5, 0.6) is 5.75 Å². The average Bonchev–Trinajstić information content (AvgIpc) is 2.63. The number of nitrogens with one attached hydrogen (secondary N) is 2. The Morgan fingerprint density at radius 3 is 2.58 bits per heavy atom. The van der Waals surface area contributed by atoms with Gasteiger partial charge in [-0.3, -0.25) is 14.2 Å². The predicted octanol–water partition coefficient (Wildman–Crippen LogP) is 2.12. The van der Waals surface area contributed by atoms with Crippen molar-refractivity contribution in [3.05, 3.63) is 69.4 Å². The minimum absolute atomic E-state index is 0.00185. The van der Waals surface area contributed by atoms with Crippen molar-refractivity contribution in [2.75, 3.05) is 11.9 Å². The number of benzene rings is 2. The van der Waals surface area contributed by atoms with E-state index in [0.717, 1.165) is 10.3 Å². The van der Waals surface area contributed by atoms with Crippen LogP contribution < -0.4 is 21.3 Å². The molecule has 0 atom stereocenters. The third kappa shape index (κ3) is 3.83. The molecule has 0 unspecified atom stereocenters. The van der Waals surface area contributed by atoms with E-state index in [-0.39, 0.29) is 18.9 Å². The molecular weight excluding hydrogens is 334 g/mol. The molecule has 2 aromatic carbocycles. The van der Waals surface area contributed by atoms with Crippen molar-refractivity contribution in [3.63, 3.8) is 0 Å². The monoisotopic (exact) mass is 353 g/mol. The maximum atomic E-state index is 12.4. The van der Waals surface area contributed by atoms with E-state index in [1.54, 1.807) is 48.5 Å². The van der Waals surface area contributed by atoms with Crippen LogP contribution in [-0.2, 0) is 11.3 Å². The number of aromatic nitrogens is 2. The van der Waals surface area contributed by atoms with Crippen molar-refractivity contribution in [1.82, 2.24) is 9.55 Å². The molecule has 0 aliphatic heterocycles. The summed E-state index contributed by atoms with van der Waals surface area (Å²) in [4.78, 5) is 39.3. The molecule has 7 heteroatoms. The summed E-state index contributed by atoms with van der Waals surface area (Å²) >= 11 is 0. The number of nitrogens with zero attached hydrogens (tertiary/aromatic N) is 1. The smallest absolute Gasteiger partial charge is 0.328 e. The molecule has 1 heterocycles. The zero-order valence-corrected chi connectivity index (χ0v) is 14.3. The van der Waals surface area contributed by atoms with E-state index in [9.17, 15) is 14.4 Å². The van der Waals surface area contributed by atoms with Crippen LogP contribution in [0.25, 0.3) is 10.9 Å². The molecule has 7 nitrogen and oxygen atoms in total. The van der Waals surface area contributed by atoms with Gasteiger partial charge in [-0.05, 0) is 43.3 Å². The number of H-pyrrole nitrogens is 1. The number of hydrogen-bond acceptors (Lipinski definition) is 4. The van der Waals surface area contributed by atoms with Crippen LogP contribution in [0.15, 0.2) is 58.1 Å². The molecule has 1 amide bonds. The number of ether oxygens (including phenoxy) is 1. The Labute approximate surface area is 149 Å². The Balaban J connectivity index is 1.69. The molecule has 0 saturated carbocycles.